The van der Waals surface area contributed by atoms with Gasteiger partial charge in [-0.05, 0) is 44.8 Å². The van der Waals surface area contributed by atoms with Crippen LogP contribution < -0.4 is 0 Å². The van der Waals surface area contributed by atoms with Gasteiger partial charge in [0, 0.05) is 0 Å². The van der Waals surface area contributed by atoms with Crippen molar-refractivity contribution in [2.24, 2.45) is 0 Å². The summed E-state index contributed by atoms with van der Waals surface area (Å²) in [6.07, 6.45) is 1.87. The van der Waals surface area contributed by atoms with E-state index < -0.39 is 5.97 Å². The summed E-state index contributed by atoms with van der Waals surface area (Å²) in [4.78, 5) is 12.3. The Kier molecular flexibility index (Phi) is 4.57. The highest BCUT2D eigenvalue weighted by atomic mass is 16.5. The van der Waals surface area contributed by atoms with Gasteiger partial charge in [0.1, 0.15) is 5.57 Å². The van der Waals surface area contributed by atoms with Gasteiger partial charge in [-0.1, -0.05) is 78.9 Å². The van der Waals surface area contributed by atoms with Crippen molar-refractivity contribution in [3.05, 3.63) is 102 Å². The maximum Gasteiger partial charge on any atom is 0.346 e. The van der Waals surface area contributed by atoms with Gasteiger partial charge in [0.25, 0.3) is 0 Å². The van der Waals surface area contributed by atoms with Crippen LogP contribution in [0.5, 0.6) is 0 Å². The van der Waals surface area contributed by atoms with Crippen molar-refractivity contribution in [1.29, 1.82) is 0 Å². The minimum atomic E-state index is -0.400. The van der Waals surface area contributed by atoms with Crippen LogP contribution in [0.15, 0.2) is 90.7 Å². The second-order valence-electron chi connectivity index (χ2n) is 6.25. The molecule has 0 aromatic heterocycles. The van der Waals surface area contributed by atoms with Crippen LogP contribution in [0.25, 0.3) is 33.2 Å². The highest BCUT2D eigenvalue weighted by molar-refractivity contribution is 6.17. The number of methoxy groups -OCH3 is 1. The Balaban J connectivity index is 1.97. The van der Waals surface area contributed by atoms with Gasteiger partial charge in [0.15, 0.2) is 0 Å². The predicted molar refractivity (Wildman–Crippen MR) is 111 cm³/mol. The fourth-order valence-electron chi connectivity index (χ4n) is 3.32. The minimum Gasteiger partial charge on any atom is -0.465 e. The Bertz CT molecular complexity index is 1200. The summed E-state index contributed by atoms with van der Waals surface area (Å²) in [5, 5.41) is 4.68. The maximum absolute atomic E-state index is 12.3. The van der Waals surface area contributed by atoms with Crippen LogP contribution >= 0.6 is 0 Å². The minimum absolute atomic E-state index is 0.400. The normalized spacial score (nSPS) is 10.4. The van der Waals surface area contributed by atoms with Gasteiger partial charge in [-0.3, -0.25) is 0 Å². The van der Waals surface area contributed by atoms with E-state index in [0.29, 0.717) is 5.57 Å². The zero-order valence-electron chi connectivity index (χ0n) is 15.0. The first-order valence-corrected chi connectivity index (χ1v) is 8.79. The number of benzene rings is 4. The van der Waals surface area contributed by atoms with E-state index in [0.717, 1.165) is 21.9 Å². The first kappa shape index (κ1) is 16.8. The van der Waals surface area contributed by atoms with Crippen molar-refractivity contribution in [1.82, 2.24) is 0 Å². The summed E-state index contributed by atoms with van der Waals surface area (Å²) in [5.74, 6) is -0.400. The molecule has 0 aliphatic heterocycles. The molecule has 4 aromatic rings. The van der Waals surface area contributed by atoms with E-state index in [1.807, 2.05) is 54.6 Å². The molecular weight excluding hydrogens is 332 g/mol. The molecule has 130 valence electrons. The summed E-state index contributed by atoms with van der Waals surface area (Å²) < 4.78 is 4.95. The van der Waals surface area contributed by atoms with Crippen LogP contribution in [0.2, 0.25) is 0 Å². The van der Waals surface area contributed by atoms with Gasteiger partial charge in [-0.2, -0.15) is 0 Å². The van der Waals surface area contributed by atoms with Gasteiger partial charge in [-0.15, -0.1) is 5.73 Å². The summed E-state index contributed by atoms with van der Waals surface area (Å²) in [6, 6.07) is 28.2. The van der Waals surface area contributed by atoms with Crippen LogP contribution in [0.4, 0.5) is 0 Å². The predicted octanol–water partition coefficient (Wildman–Crippen LogP) is 5.86. The van der Waals surface area contributed by atoms with Crippen molar-refractivity contribution in [3.63, 3.8) is 0 Å². The fourth-order valence-corrected chi connectivity index (χ4v) is 3.32. The third-order valence-corrected chi connectivity index (χ3v) is 4.62. The number of esters is 1. The van der Waals surface area contributed by atoms with E-state index in [4.69, 9.17) is 4.74 Å². The molecule has 4 rings (SSSR count). The van der Waals surface area contributed by atoms with Gasteiger partial charge >= 0.3 is 5.97 Å². The highest BCUT2D eigenvalue weighted by Gasteiger charge is 2.11. The first-order valence-electron chi connectivity index (χ1n) is 8.79. The lowest BCUT2D eigenvalue weighted by Gasteiger charge is -2.07. The Morgan fingerprint density at radius 2 is 1.44 bits per heavy atom. The molecule has 4 aromatic carbocycles. The molecule has 0 unspecified atom stereocenters. The molecule has 0 spiro atoms. The second-order valence-corrected chi connectivity index (χ2v) is 6.25. The molecule has 0 amide bonds. The van der Waals surface area contributed by atoms with Crippen LogP contribution in [0.3, 0.4) is 0 Å². The van der Waals surface area contributed by atoms with Crippen molar-refractivity contribution >= 4 is 39.2 Å². The SMILES string of the molecule is COC(=O)C(=C=Cc1cc2ccccc2c2ccccc12)c1ccccc1. The molecule has 0 radical (unpaired) electrons. The summed E-state index contributed by atoms with van der Waals surface area (Å²) in [5.41, 5.74) is 5.39. The van der Waals surface area contributed by atoms with E-state index in [1.165, 1.54) is 17.9 Å². The second kappa shape index (κ2) is 7.33. The number of carbonyl (C=O) groups excluding carboxylic acids is 1. The largest absolute Gasteiger partial charge is 0.465 e. The molecule has 0 aliphatic carbocycles. The average molecular weight is 350 g/mol. The van der Waals surface area contributed by atoms with Crippen LogP contribution in [-0.4, -0.2) is 13.1 Å². The smallest absolute Gasteiger partial charge is 0.346 e. The lowest BCUT2D eigenvalue weighted by molar-refractivity contribution is -0.133. The zero-order valence-corrected chi connectivity index (χ0v) is 15.0. The summed E-state index contributed by atoms with van der Waals surface area (Å²) in [6.45, 7) is 0. The standard InChI is InChI=1S/C25H18O2/c1-27-25(26)23(18-9-3-2-4-10-18)16-15-20-17-19-11-5-6-12-21(19)24-14-8-7-13-22(20)24/h2-15,17H,1H3. The van der Waals surface area contributed by atoms with Gasteiger partial charge in [-0.25, -0.2) is 4.79 Å². The molecule has 2 heteroatoms. The zero-order chi connectivity index (χ0) is 18.6. The lowest BCUT2D eigenvalue weighted by Crippen LogP contribution is -2.02. The number of rotatable bonds is 3. The Hall–Kier alpha value is -3.61. The van der Waals surface area contributed by atoms with Crippen molar-refractivity contribution < 1.29 is 9.53 Å². The van der Waals surface area contributed by atoms with Crippen molar-refractivity contribution in [2.45, 2.75) is 0 Å². The van der Waals surface area contributed by atoms with Gasteiger partial charge < -0.3 is 4.74 Å². The number of carbonyl (C=O) groups is 1. The number of ether oxygens (including phenoxy) is 1. The molecule has 0 atom stereocenters. The molecule has 0 heterocycles. The fraction of sp³-hybridized carbons (Fsp3) is 0.0400. The van der Waals surface area contributed by atoms with Crippen LogP contribution in [-0.2, 0) is 9.53 Å². The van der Waals surface area contributed by atoms with Gasteiger partial charge in [0.2, 0.25) is 0 Å². The highest BCUT2D eigenvalue weighted by Crippen LogP contribution is 2.29. The van der Waals surface area contributed by atoms with Gasteiger partial charge in [0.05, 0.1) is 7.11 Å². The number of fused-ring (bicyclic) bond motifs is 3. The quantitative estimate of drug-likeness (QED) is 0.200. The molecule has 0 fully saturated rings. The molecule has 0 saturated heterocycles. The number of hydrogen-bond acceptors (Lipinski definition) is 2. The monoisotopic (exact) mass is 350 g/mol. The first-order chi connectivity index (χ1) is 13.3. The molecule has 0 N–H and O–H groups in total. The average Bonchev–Trinajstić information content (AvgIpc) is 2.74. The molecule has 0 bridgehead atoms. The van der Waals surface area contributed by atoms with Crippen LogP contribution in [0, 0.1) is 0 Å². The maximum atomic E-state index is 12.3. The third-order valence-electron chi connectivity index (χ3n) is 4.62. The topological polar surface area (TPSA) is 26.3 Å². The molecule has 0 aliphatic rings. The molecule has 0 saturated carbocycles. The molecule has 2 nitrogen and oxygen atoms in total. The Morgan fingerprint density at radius 1 is 0.815 bits per heavy atom. The number of hydrogen-bond donors (Lipinski definition) is 0. The van der Waals surface area contributed by atoms with E-state index in [1.54, 1.807) is 0 Å². The van der Waals surface area contributed by atoms with Crippen molar-refractivity contribution in [2.75, 3.05) is 7.11 Å². The van der Waals surface area contributed by atoms with E-state index in [9.17, 15) is 4.79 Å². The van der Waals surface area contributed by atoms with E-state index in [-0.39, 0.29) is 0 Å². The Labute approximate surface area is 158 Å². The molecular formula is C25H18O2. The summed E-state index contributed by atoms with van der Waals surface area (Å²) in [7, 11) is 1.39. The van der Waals surface area contributed by atoms with E-state index in [2.05, 4.69) is 42.1 Å². The summed E-state index contributed by atoms with van der Waals surface area (Å²) >= 11 is 0. The van der Waals surface area contributed by atoms with Crippen LogP contribution in [0.1, 0.15) is 11.1 Å². The molecule has 27 heavy (non-hydrogen) atoms. The lowest BCUT2D eigenvalue weighted by atomic mass is 9.97. The Morgan fingerprint density at radius 3 is 2.19 bits per heavy atom. The van der Waals surface area contributed by atoms with E-state index >= 15 is 0 Å². The van der Waals surface area contributed by atoms with Crippen molar-refractivity contribution in [3.8, 4) is 0 Å². The third kappa shape index (κ3) is 3.27.